The van der Waals surface area contributed by atoms with Crippen molar-refractivity contribution in [3.05, 3.63) is 52.0 Å². The van der Waals surface area contributed by atoms with Gasteiger partial charge in [0.2, 0.25) is 0 Å². The second-order valence-electron chi connectivity index (χ2n) is 6.20. The van der Waals surface area contributed by atoms with E-state index in [2.05, 4.69) is 20.9 Å². The Bertz CT molecular complexity index is 1020. The number of aromatic carboxylic acids is 1. The minimum atomic E-state index is -1.23. The van der Waals surface area contributed by atoms with E-state index in [1.54, 1.807) is 19.2 Å². The Balaban J connectivity index is 2.19. The van der Waals surface area contributed by atoms with E-state index in [-0.39, 0.29) is 5.56 Å². The van der Waals surface area contributed by atoms with Gasteiger partial charge in [0.15, 0.2) is 11.5 Å². The molecule has 0 spiro atoms. The molecule has 1 aromatic heterocycles. The van der Waals surface area contributed by atoms with Gasteiger partial charge in [0.25, 0.3) is 0 Å². The van der Waals surface area contributed by atoms with E-state index in [4.69, 9.17) is 9.47 Å². The zero-order valence-electron chi connectivity index (χ0n) is 15.3. The monoisotopic (exact) mass is 428 g/mol. The topological polar surface area (TPSA) is 71.5 Å². The summed E-state index contributed by atoms with van der Waals surface area (Å²) in [6, 6.07) is 10.7. The number of carboxylic acid groups (broad SMARTS) is 1. The number of carbonyl (C=O) groups excluding carboxylic acids is 1. The fourth-order valence-corrected chi connectivity index (χ4v) is 3.42. The third-order valence-electron chi connectivity index (χ3n) is 4.16. The third kappa shape index (κ3) is 3.90. The molecule has 0 saturated heterocycles. The van der Waals surface area contributed by atoms with E-state index in [1.165, 1.54) is 6.07 Å². The summed E-state index contributed by atoms with van der Waals surface area (Å²) in [6.07, 6.45) is 0.873. The van der Waals surface area contributed by atoms with Crippen molar-refractivity contribution in [1.82, 2.24) is 4.98 Å². The first-order valence-corrected chi connectivity index (χ1v) is 9.37. The van der Waals surface area contributed by atoms with E-state index in [0.717, 1.165) is 12.0 Å². The fourth-order valence-electron chi connectivity index (χ4n) is 2.87. The minimum absolute atomic E-state index is 0.111. The summed E-state index contributed by atoms with van der Waals surface area (Å²) in [7, 11) is 1.56. The molecule has 0 bridgehead atoms. The number of hydrogen-bond donors (Lipinski definition) is 0. The van der Waals surface area contributed by atoms with E-state index in [1.807, 2.05) is 32.0 Å². The van der Waals surface area contributed by atoms with Crippen molar-refractivity contribution in [2.24, 2.45) is 0 Å². The van der Waals surface area contributed by atoms with E-state index >= 15 is 0 Å². The van der Waals surface area contributed by atoms with Crippen LogP contribution in [0.25, 0.3) is 22.2 Å². The number of pyridine rings is 1. The van der Waals surface area contributed by atoms with Crippen molar-refractivity contribution in [1.29, 1.82) is 0 Å². The number of methoxy groups -OCH3 is 1. The number of fused-ring (bicyclic) bond motifs is 1. The number of carbonyl (C=O) groups is 1. The number of carboxylic acids is 1. The number of rotatable bonds is 6. The molecule has 0 atom stereocenters. The molecule has 0 aliphatic rings. The predicted molar refractivity (Wildman–Crippen MR) is 106 cm³/mol. The zero-order chi connectivity index (χ0) is 19.6. The Kier molecular flexibility index (Phi) is 5.65. The summed E-state index contributed by atoms with van der Waals surface area (Å²) in [5.41, 5.74) is 2.90. The van der Waals surface area contributed by atoms with Crippen LogP contribution >= 0.6 is 15.9 Å². The number of benzene rings is 2. The van der Waals surface area contributed by atoms with E-state index in [9.17, 15) is 9.90 Å². The van der Waals surface area contributed by atoms with Gasteiger partial charge in [0, 0.05) is 16.5 Å². The zero-order valence-corrected chi connectivity index (χ0v) is 16.9. The van der Waals surface area contributed by atoms with Crippen LogP contribution < -0.4 is 14.6 Å². The van der Waals surface area contributed by atoms with Gasteiger partial charge >= 0.3 is 0 Å². The molecule has 6 heteroatoms. The van der Waals surface area contributed by atoms with Crippen LogP contribution in [0.3, 0.4) is 0 Å². The number of ether oxygens (including phenoxy) is 2. The summed E-state index contributed by atoms with van der Waals surface area (Å²) in [5.74, 6) is -0.0727. The van der Waals surface area contributed by atoms with Crippen molar-refractivity contribution in [2.75, 3.05) is 13.7 Å². The highest BCUT2D eigenvalue weighted by molar-refractivity contribution is 9.10. The molecule has 0 saturated carbocycles. The summed E-state index contributed by atoms with van der Waals surface area (Å²) in [5, 5.41) is 12.2. The first-order valence-electron chi connectivity index (χ1n) is 8.58. The van der Waals surface area contributed by atoms with Crippen molar-refractivity contribution >= 4 is 32.8 Å². The van der Waals surface area contributed by atoms with Crippen molar-refractivity contribution < 1.29 is 19.4 Å². The maximum absolute atomic E-state index is 11.7. The van der Waals surface area contributed by atoms with Crippen LogP contribution in [-0.4, -0.2) is 24.7 Å². The molecule has 0 unspecified atom stereocenters. The molecule has 0 aliphatic heterocycles. The summed E-state index contributed by atoms with van der Waals surface area (Å²) in [4.78, 5) is 16.3. The third-order valence-corrected chi connectivity index (χ3v) is 4.75. The standard InChI is InChI=1S/C21H20BrNO4/c1-4-7-27-20-16(22)9-13(10-19(20)26-3)18-11-15(21(24)25)14-8-12(2)5-6-17(14)23-18/h5-6,8-11H,4,7H2,1-3H3,(H,24,25)/p-1. The van der Waals surface area contributed by atoms with Crippen LogP contribution in [-0.2, 0) is 0 Å². The lowest BCUT2D eigenvalue weighted by atomic mass is 10.0. The van der Waals surface area contributed by atoms with Crippen molar-refractivity contribution in [3.8, 4) is 22.8 Å². The summed E-state index contributed by atoms with van der Waals surface area (Å²) in [6.45, 7) is 4.50. The molecule has 0 amide bonds. The molecule has 0 N–H and O–H groups in total. The highest BCUT2D eigenvalue weighted by Crippen LogP contribution is 2.40. The lowest BCUT2D eigenvalue weighted by Gasteiger charge is -2.15. The molecule has 27 heavy (non-hydrogen) atoms. The van der Waals surface area contributed by atoms with Crippen LogP contribution in [0, 0.1) is 6.92 Å². The van der Waals surface area contributed by atoms with Crippen LogP contribution in [0.15, 0.2) is 40.9 Å². The van der Waals surface area contributed by atoms with Gasteiger partial charge in [0.1, 0.15) is 0 Å². The molecule has 3 aromatic rings. The number of aryl methyl sites for hydroxylation is 1. The van der Waals surface area contributed by atoms with E-state index < -0.39 is 5.97 Å². The molecule has 5 nitrogen and oxygen atoms in total. The first-order chi connectivity index (χ1) is 12.9. The normalized spacial score (nSPS) is 10.8. The number of hydrogen-bond acceptors (Lipinski definition) is 5. The molecule has 140 valence electrons. The molecule has 2 aromatic carbocycles. The molecule has 0 fully saturated rings. The van der Waals surface area contributed by atoms with Crippen LogP contribution in [0.1, 0.15) is 29.3 Å². The smallest absolute Gasteiger partial charge is 0.175 e. The van der Waals surface area contributed by atoms with Gasteiger partial charge < -0.3 is 19.4 Å². The SMILES string of the molecule is CCCOc1c(Br)cc(-c2cc(C(=O)[O-])c3cc(C)ccc3n2)cc1OC. The summed E-state index contributed by atoms with van der Waals surface area (Å²) < 4.78 is 11.9. The Hall–Kier alpha value is -2.60. The molecular weight excluding hydrogens is 410 g/mol. The molecular formula is C21H19BrNO4-. The van der Waals surface area contributed by atoms with Gasteiger partial charge in [-0.1, -0.05) is 18.6 Å². The number of halogens is 1. The molecule has 1 heterocycles. The fraction of sp³-hybridized carbons (Fsp3) is 0.238. The second kappa shape index (κ2) is 7.96. The highest BCUT2D eigenvalue weighted by atomic mass is 79.9. The molecule has 0 aliphatic carbocycles. The van der Waals surface area contributed by atoms with Crippen molar-refractivity contribution in [3.63, 3.8) is 0 Å². The van der Waals surface area contributed by atoms with Gasteiger partial charge in [-0.25, -0.2) is 4.98 Å². The predicted octanol–water partition coefficient (Wildman–Crippen LogP) is 4.13. The average molecular weight is 429 g/mol. The molecule has 0 radical (unpaired) electrons. The Morgan fingerprint density at radius 1 is 1.22 bits per heavy atom. The second-order valence-corrected chi connectivity index (χ2v) is 7.06. The maximum Gasteiger partial charge on any atom is 0.175 e. The molecule has 3 rings (SSSR count). The first kappa shape index (κ1) is 19.2. The van der Waals surface area contributed by atoms with Gasteiger partial charge in [-0.3, -0.25) is 0 Å². The maximum atomic E-state index is 11.7. The largest absolute Gasteiger partial charge is 0.545 e. The van der Waals surface area contributed by atoms with Crippen LogP contribution in [0.2, 0.25) is 0 Å². The quantitative estimate of drug-likeness (QED) is 0.589. The van der Waals surface area contributed by atoms with Gasteiger partial charge in [-0.15, -0.1) is 0 Å². The van der Waals surface area contributed by atoms with E-state index in [0.29, 0.717) is 44.7 Å². The number of nitrogens with zero attached hydrogens (tertiary/aromatic N) is 1. The Labute approximate surface area is 166 Å². The summed E-state index contributed by atoms with van der Waals surface area (Å²) >= 11 is 3.51. The van der Waals surface area contributed by atoms with Gasteiger partial charge in [-0.05, 0) is 59.6 Å². The average Bonchev–Trinajstić information content (AvgIpc) is 2.65. The Morgan fingerprint density at radius 3 is 2.67 bits per heavy atom. The van der Waals surface area contributed by atoms with Gasteiger partial charge in [0.05, 0.1) is 35.4 Å². The van der Waals surface area contributed by atoms with Gasteiger partial charge in [-0.2, -0.15) is 0 Å². The minimum Gasteiger partial charge on any atom is -0.545 e. The Morgan fingerprint density at radius 2 is 2.00 bits per heavy atom. The van der Waals surface area contributed by atoms with Crippen LogP contribution in [0.4, 0.5) is 0 Å². The lowest BCUT2D eigenvalue weighted by Crippen LogP contribution is -2.22. The number of aromatic nitrogens is 1. The van der Waals surface area contributed by atoms with Crippen molar-refractivity contribution in [2.45, 2.75) is 20.3 Å². The lowest BCUT2D eigenvalue weighted by molar-refractivity contribution is -0.254. The van der Waals surface area contributed by atoms with Crippen LogP contribution in [0.5, 0.6) is 11.5 Å². The highest BCUT2D eigenvalue weighted by Gasteiger charge is 2.15.